The van der Waals surface area contributed by atoms with Gasteiger partial charge < -0.3 is 39.2 Å². The number of aromatic amines is 2. The third kappa shape index (κ3) is 10.3. The molecule has 4 N–H and O–H groups in total. The van der Waals surface area contributed by atoms with Gasteiger partial charge in [0.05, 0.1) is 35.8 Å². The van der Waals surface area contributed by atoms with Crippen molar-refractivity contribution in [2.75, 3.05) is 23.9 Å². The molecule has 0 radical (unpaired) electrons. The summed E-state index contributed by atoms with van der Waals surface area (Å²) in [7, 11) is 7.09. The van der Waals surface area contributed by atoms with Crippen LogP contribution in [0.4, 0.5) is 21.2 Å². The monoisotopic (exact) mass is 924 g/mol. The molecule has 0 fully saturated rings. The molecule has 6 heterocycles. The number of fused-ring (bicyclic) bond motifs is 6. The van der Waals surface area contributed by atoms with Gasteiger partial charge >= 0.3 is 12.2 Å². The molecule has 0 aliphatic rings. The molecule has 8 rings (SSSR count). The van der Waals surface area contributed by atoms with Crippen LogP contribution in [0, 0.1) is 0 Å². The van der Waals surface area contributed by atoms with E-state index in [-0.39, 0.29) is 23.9 Å². The molecule has 356 valence electrons. The van der Waals surface area contributed by atoms with Crippen LogP contribution in [0.1, 0.15) is 92.4 Å². The van der Waals surface area contributed by atoms with E-state index in [2.05, 4.69) is 30.6 Å². The second kappa shape index (κ2) is 18.5. The Bertz CT molecular complexity index is 3000. The van der Waals surface area contributed by atoms with Gasteiger partial charge in [-0.25, -0.2) is 29.5 Å². The maximum atomic E-state index is 12.7. The maximum Gasteiger partial charge on any atom is 0.415 e. The van der Waals surface area contributed by atoms with Crippen molar-refractivity contribution < 1.29 is 28.7 Å². The lowest BCUT2D eigenvalue weighted by Crippen LogP contribution is -2.34. The highest BCUT2D eigenvalue weighted by atomic mass is 16.6. The fraction of sp³-hybridized carbons (Fsp3) is 0.360. The molecule has 0 saturated carbocycles. The number of carbonyl (C=O) groups excluding carboxylic acids is 4. The molecule has 4 amide bonds. The standard InChI is InChI=1S/2C25H30N6O3/c2*1-14(27-15(2)32)16-9-8-10-17(11-16)19-12-18-21-20(26-13-30(21)6)23(29-22(18)28-19)31(7)24(33)34-25(3,4)5/h2*8-14H,1-7H3,(H,27,32)(H,28,29). The Labute approximate surface area is 394 Å². The van der Waals surface area contributed by atoms with Crippen molar-refractivity contribution in [3.63, 3.8) is 0 Å². The van der Waals surface area contributed by atoms with E-state index in [9.17, 15) is 19.2 Å². The summed E-state index contributed by atoms with van der Waals surface area (Å²) in [6.07, 6.45) is 2.41. The fourth-order valence-corrected chi connectivity index (χ4v) is 7.91. The van der Waals surface area contributed by atoms with E-state index in [1.54, 1.807) is 26.7 Å². The van der Waals surface area contributed by atoms with Gasteiger partial charge in [0, 0.05) is 64.2 Å². The molecule has 2 unspecified atom stereocenters. The summed E-state index contributed by atoms with van der Waals surface area (Å²) in [6, 6.07) is 19.8. The van der Waals surface area contributed by atoms with E-state index in [1.807, 2.05) is 139 Å². The Morgan fingerprint density at radius 2 is 0.985 bits per heavy atom. The summed E-state index contributed by atoms with van der Waals surface area (Å²) < 4.78 is 14.9. The predicted molar refractivity (Wildman–Crippen MR) is 265 cm³/mol. The highest BCUT2D eigenvalue weighted by Crippen LogP contribution is 2.36. The van der Waals surface area contributed by atoms with Crippen molar-refractivity contribution in [2.24, 2.45) is 14.1 Å². The number of nitrogens with one attached hydrogen (secondary N) is 4. The van der Waals surface area contributed by atoms with Gasteiger partial charge in [-0.15, -0.1) is 0 Å². The summed E-state index contributed by atoms with van der Waals surface area (Å²) in [5.74, 6) is 0.679. The Balaban J connectivity index is 0.000000201. The smallest absolute Gasteiger partial charge is 0.415 e. The first-order valence-electron chi connectivity index (χ1n) is 22.2. The molecule has 0 saturated heterocycles. The Kier molecular flexibility index (Phi) is 13.1. The Morgan fingerprint density at radius 1 is 0.618 bits per heavy atom. The molecule has 68 heavy (non-hydrogen) atoms. The Hall–Kier alpha value is -7.76. The number of nitrogens with zero attached hydrogens (tertiary/aromatic N) is 8. The van der Waals surface area contributed by atoms with Crippen LogP contribution in [-0.2, 0) is 33.2 Å². The molecule has 0 aliphatic carbocycles. The van der Waals surface area contributed by atoms with Gasteiger partial charge in [0.2, 0.25) is 11.8 Å². The highest BCUT2D eigenvalue weighted by Gasteiger charge is 2.28. The van der Waals surface area contributed by atoms with Crippen molar-refractivity contribution in [3.8, 4) is 22.5 Å². The van der Waals surface area contributed by atoms with Crippen molar-refractivity contribution >= 4 is 79.8 Å². The van der Waals surface area contributed by atoms with Crippen LogP contribution in [0.5, 0.6) is 0 Å². The number of aromatic nitrogens is 8. The minimum atomic E-state index is -0.627. The van der Waals surface area contributed by atoms with E-state index in [1.165, 1.54) is 23.6 Å². The molecule has 6 aromatic heterocycles. The predicted octanol–water partition coefficient (Wildman–Crippen LogP) is 9.37. The molecule has 18 nitrogen and oxygen atoms in total. The average Bonchev–Trinajstić information content (AvgIpc) is 4.06. The molecule has 8 aromatic rings. The van der Waals surface area contributed by atoms with Crippen molar-refractivity contribution in [1.29, 1.82) is 0 Å². The number of H-pyrrole nitrogens is 2. The summed E-state index contributed by atoms with van der Waals surface area (Å²) in [5.41, 5.74) is 8.63. The molecular weight excluding hydrogens is 865 g/mol. The summed E-state index contributed by atoms with van der Waals surface area (Å²) >= 11 is 0. The first-order chi connectivity index (χ1) is 31.9. The lowest BCUT2D eigenvalue weighted by atomic mass is 10.0. The molecular formula is C50H60N12O6. The largest absolute Gasteiger partial charge is 0.443 e. The number of hydrogen-bond donors (Lipinski definition) is 4. The topological polar surface area (TPSA) is 210 Å². The number of imidazole rings is 2. The fourth-order valence-electron chi connectivity index (χ4n) is 7.91. The molecule has 18 heteroatoms. The lowest BCUT2D eigenvalue weighted by Gasteiger charge is -2.24. The summed E-state index contributed by atoms with van der Waals surface area (Å²) in [6.45, 7) is 17.9. The number of amides is 4. The lowest BCUT2D eigenvalue weighted by molar-refractivity contribution is -0.120. The first kappa shape index (κ1) is 48.2. The van der Waals surface area contributed by atoms with Crippen molar-refractivity contribution in [1.82, 2.24) is 49.7 Å². The zero-order valence-electron chi connectivity index (χ0n) is 41.1. The third-order valence-electron chi connectivity index (χ3n) is 11.0. The van der Waals surface area contributed by atoms with Crippen LogP contribution < -0.4 is 20.4 Å². The van der Waals surface area contributed by atoms with Gasteiger partial charge in [0.15, 0.2) is 11.6 Å². The van der Waals surface area contributed by atoms with Gasteiger partial charge in [0.25, 0.3) is 0 Å². The van der Waals surface area contributed by atoms with Crippen molar-refractivity contribution in [3.05, 3.63) is 84.4 Å². The SMILES string of the molecule is CC(=O)NC(C)c1cccc(-c2cc3c(nc(N(C)C(=O)OC(C)(C)C)c4ncn(C)c43)[nH]2)c1.CC(=O)NC(C)c1cccc(-c2cc3c(nc(N(C)C(=O)OC(C)(C)C)c4ncn(C)c43)[nH]2)c1. The minimum Gasteiger partial charge on any atom is -0.443 e. The van der Waals surface area contributed by atoms with E-state index >= 15 is 0 Å². The number of hydrogen-bond acceptors (Lipinski definition) is 10. The molecule has 0 spiro atoms. The minimum absolute atomic E-state index is 0.0760. The van der Waals surface area contributed by atoms with Gasteiger partial charge in [0.1, 0.15) is 33.5 Å². The van der Waals surface area contributed by atoms with E-state index in [0.717, 1.165) is 55.4 Å². The van der Waals surface area contributed by atoms with Gasteiger partial charge in [-0.3, -0.25) is 19.4 Å². The van der Waals surface area contributed by atoms with E-state index in [0.29, 0.717) is 34.0 Å². The number of anilines is 2. The second-order valence-corrected chi connectivity index (χ2v) is 19.0. The van der Waals surface area contributed by atoms with E-state index in [4.69, 9.17) is 19.4 Å². The number of aryl methyl sites for hydroxylation is 2. The summed E-state index contributed by atoms with van der Waals surface area (Å²) in [5, 5.41) is 7.62. The van der Waals surface area contributed by atoms with Gasteiger partial charge in [-0.2, -0.15) is 0 Å². The zero-order valence-corrected chi connectivity index (χ0v) is 41.1. The third-order valence-corrected chi connectivity index (χ3v) is 11.0. The highest BCUT2D eigenvalue weighted by molar-refractivity contribution is 6.11. The number of benzene rings is 2. The van der Waals surface area contributed by atoms with E-state index < -0.39 is 23.4 Å². The second-order valence-electron chi connectivity index (χ2n) is 19.0. The average molecular weight is 925 g/mol. The quantitative estimate of drug-likeness (QED) is 0.113. The first-order valence-corrected chi connectivity index (χ1v) is 22.2. The molecule has 2 atom stereocenters. The zero-order chi connectivity index (χ0) is 49.6. The number of ether oxygens (including phenoxy) is 2. The van der Waals surface area contributed by atoms with Crippen LogP contribution in [0.15, 0.2) is 73.3 Å². The van der Waals surface area contributed by atoms with Crippen LogP contribution in [0.3, 0.4) is 0 Å². The van der Waals surface area contributed by atoms with Gasteiger partial charge in [-0.05, 0) is 102 Å². The summed E-state index contributed by atoms with van der Waals surface area (Å²) in [4.78, 5) is 76.5. The number of carbonyl (C=O) groups is 4. The maximum absolute atomic E-state index is 12.7. The van der Waals surface area contributed by atoms with Crippen LogP contribution in [0.25, 0.3) is 66.6 Å². The normalized spacial score (nSPS) is 12.7. The molecule has 0 aliphatic heterocycles. The van der Waals surface area contributed by atoms with Crippen LogP contribution in [-0.4, -0.2) is 88.3 Å². The van der Waals surface area contributed by atoms with Crippen LogP contribution >= 0.6 is 0 Å². The molecule has 0 bridgehead atoms. The van der Waals surface area contributed by atoms with Crippen molar-refractivity contribution in [2.45, 2.75) is 92.5 Å². The van der Waals surface area contributed by atoms with Crippen LogP contribution in [0.2, 0.25) is 0 Å². The Morgan fingerprint density at radius 3 is 1.32 bits per heavy atom. The number of pyridine rings is 2. The molecule has 2 aromatic carbocycles. The van der Waals surface area contributed by atoms with Gasteiger partial charge in [-0.1, -0.05) is 36.4 Å². The number of rotatable bonds is 8.